The molecular weight excluding hydrogens is 340 g/mol. The van der Waals surface area contributed by atoms with Crippen LogP contribution in [0.15, 0.2) is 28.1 Å². The van der Waals surface area contributed by atoms with E-state index in [2.05, 4.69) is 38.0 Å². The zero-order valence-electron chi connectivity index (χ0n) is 12.0. The van der Waals surface area contributed by atoms with Crippen molar-refractivity contribution in [2.45, 2.75) is 32.9 Å². The normalized spacial score (nSPS) is 11.8. The van der Waals surface area contributed by atoms with Gasteiger partial charge >= 0.3 is 6.09 Å². The van der Waals surface area contributed by atoms with Crippen LogP contribution < -0.4 is 10.6 Å². The van der Waals surface area contributed by atoms with Crippen LogP contribution in [0.1, 0.15) is 25.6 Å². The van der Waals surface area contributed by atoms with Gasteiger partial charge in [0.15, 0.2) is 0 Å². The van der Waals surface area contributed by atoms with Crippen LogP contribution in [0.5, 0.6) is 0 Å². The zero-order chi connectivity index (χ0) is 15.0. The molecule has 1 amide bonds. The van der Waals surface area contributed by atoms with Gasteiger partial charge in [0.2, 0.25) is 0 Å². The number of alkyl carbamates (subject to hydrolysis) is 1. The summed E-state index contributed by atoms with van der Waals surface area (Å²) in [5.41, 5.74) is -0.454. The minimum atomic E-state index is -0.454. The summed E-state index contributed by atoms with van der Waals surface area (Å²) in [5.74, 6) is 0. The molecule has 0 spiro atoms. The van der Waals surface area contributed by atoms with Crippen molar-refractivity contribution >= 4 is 33.4 Å². The highest BCUT2D eigenvalue weighted by atomic mass is 79.9. The summed E-state index contributed by atoms with van der Waals surface area (Å²) < 4.78 is 6.24. The Kier molecular flexibility index (Phi) is 7.26. The SMILES string of the molecule is CC(C)(C)OC(=O)NC/C=C/CNCc1cc(Br)cs1. The Bertz CT molecular complexity index is 452. The highest BCUT2D eigenvalue weighted by Crippen LogP contribution is 2.19. The lowest BCUT2D eigenvalue weighted by Crippen LogP contribution is -2.32. The molecule has 4 nitrogen and oxygen atoms in total. The molecule has 0 atom stereocenters. The van der Waals surface area contributed by atoms with Crippen molar-refractivity contribution in [2.24, 2.45) is 0 Å². The van der Waals surface area contributed by atoms with Crippen LogP contribution in [0.4, 0.5) is 4.79 Å². The molecule has 1 aromatic heterocycles. The first-order valence-corrected chi connectivity index (χ1v) is 8.09. The predicted molar refractivity (Wildman–Crippen MR) is 87.1 cm³/mol. The number of ether oxygens (including phenoxy) is 1. The fraction of sp³-hybridized carbons (Fsp3) is 0.500. The molecule has 0 bridgehead atoms. The number of rotatable bonds is 6. The van der Waals surface area contributed by atoms with Crippen LogP contribution in [0.2, 0.25) is 0 Å². The number of hydrogen-bond donors (Lipinski definition) is 2. The quantitative estimate of drug-likeness (QED) is 0.600. The Hall–Kier alpha value is -0.850. The molecule has 1 heterocycles. The molecule has 0 aliphatic rings. The first-order valence-electron chi connectivity index (χ1n) is 6.42. The maximum atomic E-state index is 11.3. The van der Waals surface area contributed by atoms with Gasteiger partial charge in [-0.2, -0.15) is 0 Å². The van der Waals surface area contributed by atoms with Crippen molar-refractivity contribution in [3.8, 4) is 0 Å². The third-order valence-corrected chi connectivity index (χ3v) is 3.81. The van der Waals surface area contributed by atoms with Gasteiger partial charge in [0.05, 0.1) is 0 Å². The van der Waals surface area contributed by atoms with Gasteiger partial charge in [-0.05, 0) is 42.8 Å². The summed E-state index contributed by atoms with van der Waals surface area (Å²) in [4.78, 5) is 12.6. The molecule has 0 aliphatic carbocycles. The van der Waals surface area contributed by atoms with Gasteiger partial charge in [-0.25, -0.2) is 4.79 Å². The maximum absolute atomic E-state index is 11.3. The Morgan fingerprint density at radius 1 is 1.40 bits per heavy atom. The highest BCUT2D eigenvalue weighted by molar-refractivity contribution is 9.10. The van der Waals surface area contributed by atoms with Crippen LogP contribution >= 0.6 is 27.3 Å². The largest absolute Gasteiger partial charge is 0.444 e. The van der Waals surface area contributed by atoms with E-state index in [1.807, 2.05) is 32.9 Å². The van der Waals surface area contributed by atoms with Gasteiger partial charge in [-0.3, -0.25) is 0 Å². The summed E-state index contributed by atoms with van der Waals surface area (Å²) in [5, 5.41) is 8.04. The number of hydrogen-bond acceptors (Lipinski definition) is 4. The van der Waals surface area contributed by atoms with Gasteiger partial charge in [0.25, 0.3) is 0 Å². The summed E-state index contributed by atoms with van der Waals surface area (Å²) in [6, 6.07) is 2.10. The van der Waals surface area contributed by atoms with Crippen molar-refractivity contribution in [1.29, 1.82) is 0 Å². The Balaban J connectivity index is 2.06. The van der Waals surface area contributed by atoms with Crippen molar-refractivity contribution in [3.63, 3.8) is 0 Å². The monoisotopic (exact) mass is 360 g/mol. The molecule has 0 radical (unpaired) electrons. The Morgan fingerprint density at radius 3 is 2.70 bits per heavy atom. The smallest absolute Gasteiger partial charge is 0.407 e. The zero-order valence-corrected chi connectivity index (χ0v) is 14.4. The molecule has 0 unspecified atom stereocenters. The lowest BCUT2D eigenvalue weighted by molar-refractivity contribution is 0.0534. The molecule has 2 N–H and O–H groups in total. The molecule has 0 saturated heterocycles. The predicted octanol–water partition coefficient (Wildman–Crippen LogP) is 3.68. The first-order chi connectivity index (χ1) is 9.37. The van der Waals surface area contributed by atoms with E-state index in [9.17, 15) is 4.79 Å². The van der Waals surface area contributed by atoms with Crippen molar-refractivity contribution in [2.75, 3.05) is 13.1 Å². The van der Waals surface area contributed by atoms with Crippen LogP contribution in [0.3, 0.4) is 0 Å². The molecule has 20 heavy (non-hydrogen) atoms. The van der Waals surface area contributed by atoms with E-state index in [-0.39, 0.29) is 0 Å². The average molecular weight is 361 g/mol. The summed E-state index contributed by atoms with van der Waals surface area (Å²) in [6.07, 6.45) is 3.50. The minimum Gasteiger partial charge on any atom is -0.444 e. The lowest BCUT2D eigenvalue weighted by Gasteiger charge is -2.19. The molecule has 1 aromatic rings. The second kappa shape index (κ2) is 8.44. The van der Waals surface area contributed by atoms with Gasteiger partial charge < -0.3 is 15.4 Å². The number of amides is 1. The van der Waals surface area contributed by atoms with Gasteiger partial charge in [0, 0.05) is 34.4 Å². The van der Waals surface area contributed by atoms with E-state index in [0.717, 1.165) is 17.6 Å². The van der Waals surface area contributed by atoms with Crippen LogP contribution in [0, 0.1) is 0 Å². The van der Waals surface area contributed by atoms with Gasteiger partial charge in [-0.15, -0.1) is 11.3 Å². The highest BCUT2D eigenvalue weighted by Gasteiger charge is 2.14. The molecule has 0 fully saturated rings. The molecule has 0 aliphatic heterocycles. The number of nitrogens with one attached hydrogen (secondary N) is 2. The molecule has 1 rings (SSSR count). The third-order valence-electron chi connectivity index (χ3n) is 2.11. The van der Waals surface area contributed by atoms with Crippen molar-refractivity contribution in [1.82, 2.24) is 10.6 Å². The standard InChI is InChI=1S/C14H21BrN2O2S/c1-14(2,3)19-13(18)17-7-5-4-6-16-9-12-8-11(15)10-20-12/h4-5,8,10,16H,6-7,9H2,1-3H3,(H,17,18)/b5-4+. The van der Waals surface area contributed by atoms with Crippen LogP contribution in [-0.4, -0.2) is 24.8 Å². The first kappa shape index (κ1) is 17.2. The molecule has 6 heteroatoms. The van der Waals surface area contributed by atoms with E-state index < -0.39 is 11.7 Å². The van der Waals surface area contributed by atoms with E-state index in [1.165, 1.54) is 4.88 Å². The summed E-state index contributed by atoms with van der Waals surface area (Å²) >= 11 is 5.15. The fourth-order valence-electron chi connectivity index (χ4n) is 1.35. The summed E-state index contributed by atoms with van der Waals surface area (Å²) in [6.45, 7) is 7.62. The van der Waals surface area contributed by atoms with E-state index >= 15 is 0 Å². The number of thiophene rings is 1. The second-order valence-corrected chi connectivity index (χ2v) is 7.13. The maximum Gasteiger partial charge on any atom is 0.407 e. The molecule has 0 saturated carbocycles. The third kappa shape index (κ3) is 8.35. The number of carbonyl (C=O) groups is 1. The topological polar surface area (TPSA) is 50.4 Å². The van der Waals surface area contributed by atoms with E-state index in [0.29, 0.717) is 6.54 Å². The second-order valence-electron chi connectivity index (χ2n) is 5.22. The van der Waals surface area contributed by atoms with E-state index in [1.54, 1.807) is 11.3 Å². The van der Waals surface area contributed by atoms with E-state index in [4.69, 9.17) is 4.74 Å². The van der Waals surface area contributed by atoms with Gasteiger partial charge in [0.1, 0.15) is 5.60 Å². The minimum absolute atomic E-state index is 0.390. The Morgan fingerprint density at radius 2 is 2.10 bits per heavy atom. The van der Waals surface area contributed by atoms with Crippen molar-refractivity contribution in [3.05, 3.63) is 32.9 Å². The summed E-state index contributed by atoms with van der Waals surface area (Å²) in [7, 11) is 0. The molecule has 112 valence electrons. The number of halogens is 1. The van der Waals surface area contributed by atoms with Gasteiger partial charge in [-0.1, -0.05) is 12.2 Å². The Labute approximate surface area is 132 Å². The molecular formula is C14H21BrN2O2S. The fourth-order valence-corrected chi connectivity index (χ4v) is 2.77. The van der Waals surface area contributed by atoms with Crippen LogP contribution in [0.25, 0.3) is 0 Å². The average Bonchev–Trinajstić information content (AvgIpc) is 2.71. The van der Waals surface area contributed by atoms with Crippen LogP contribution in [-0.2, 0) is 11.3 Å². The number of carbonyl (C=O) groups excluding carboxylic acids is 1. The van der Waals surface area contributed by atoms with Crippen molar-refractivity contribution < 1.29 is 9.53 Å². The lowest BCUT2D eigenvalue weighted by atomic mass is 10.2. The molecule has 0 aromatic carbocycles.